The van der Waals surface area contributed by atoms with Crippen molar-refractivity contribution in [2.75, 3.05) is 6.54 Å². The number of aromatic nitrogens is 2. The van der Waals surface area contributed by atoms with Crippen molar-refractivity contribution in [3.63, 3.8) is 0 Å². The van der Waals surface area contributed by atoms with E-state index in [2.05, 4.69) is 26.1 Å². The van der Waals surface area contributed by atoms with Crippen LogP contribution in [0.2, 0.25) is 0 Å². The monoisotopic (exact) mass is 425 g/mol. The average Bonchev–Trinajstić information content (AvgIpc) is 3.34. The predicted molar refractivity (Wildman–Crippen MR) is 109 cm³/mol. The quantitative estimate of drug-likeness (QED) is 0.563. The second-order valence-corrected chi connectivity index (χ2v) is 7.98. The van der Waals surface area contributed by atoms with Crippen molar-refractivity contribution < 1.29 is 4.79 Å². The van der Waals surface area contributed by atoms with Crippen LogP contribution in [0.1, 0.15) is 21.8 Å². The Kier molecular flexibility index (Phi) is 4.86. The summed E-state index contributed by atoms with van der Waals surface area (Å²) in [6.45, 7) is 0.315. The van der Waals surface area contributed by atoms with Crippen LogP contribution >= 0.6 is 27.3 Å². The Morgan fingerprint density at radius 3 is 2.81 bits per heavy atom. The summed E-state index contributed by atoms with van der Waals surface area (Å²) in [5, 5.41) is 9.49. The number of halogens is 1. The molecule has 6 heteroatoms. The van der Waals surface area contributed by atoms with Crippen LogP contribution in [-0.2, 0) is 0 Å². The van der Waals surface area contributed by atoms with Gasteiger partial charge in [0.15, 0.2) is 5.78 Å². The zero-order valence-corrected chi connectivity index (χ0v) is 16.3. The standard InChI is InChI=1S/C20H16BrN3OS/c21-16-9-15(11-24(12-16)13-19(25)20-7-4-8-26-20)18-10-17(22-23-18)14-5-2-1-3-6-14/h1-8,10-12H,9,13H2,(H,22,23). The highest BCUT2D eigenvalue weighted by Gasteiger charge is 2.18. The van der Waals surface area contributed by atoms with Gasteiger partial charge >= 0.3 is 0 Å². The number of Topliss-reactive ketones (excluding diaryl/α,β-unsaturated/α-hetero) is 1. The van der Waals surface area contributed by atoms with Gasteiger partial charge in [-0.25, -0.2) is 0 Å². The number of hydrogen-bond donors (Lipinski definition) is 1. The smallest absolute Gasteiger partial charge is 0.192 e. The molecule has 3 aromatic rings. The van der Waals surface area contributed by atoms with Crippen LogP contribution in [0.25, 0.3) is 16.8 Å². The fraction of sp³-hybridized carbons (Fsp3) is 0.100. The molecular weight excluding hydrogens is 410 g/mol. The first kappa shape index (κ1) is 17.0. The molecule has 0 atom stereocenters. The molecule has 130 valence electrons. The van der Waals surface area contributed by atoms with E-state index in [1.807, 2.05) is 71.2 Å². The Labute approximate surface area is 164 Å². The van der Waals surface area contributed by atoms with Crippen molar-refractivity contribution in [3.8, 4) is 11.3 Å². The van der Waals surface area contributed by atoms with Gasteiger partial charge in [0, 0.05) is 28.9 Å². The first-order chi connectivity index (χ1) is 12.7. The van der Waals surface area contributed by atoms with Gasteiger partial charge in [-0.1, -0.05) is 52.3 Å². The Balaban J connectivity index is 1.55. The summed E-state index contributed by atoms with van der Waals surface area (Å²) in [6.07, 6.45) is 4.71. The fourth-order valence-corrected chi connectivity index (χ4v) is 4.09. The minimum atomic E-state index is 0.112. The molecule has 0 saturated heterocycles. The van der Waals surface area contributed by atoms with Gasteiger partial charge in [0.05, 0.1) is 22.8 Å². The Hall–Kier alpha value is -2.44. The van der Waals surface area contributed by atoms with Crippen molar-refractivity contribution in [2.45, 2.75) is 6.42 Å². The Morgan fingerprint density at radius 1 is 1.19 bits per heavy atom. The predicted octanol–water partition coefficient (Wildman–Crippen LogP) is 5.30. The number of thiophene rings is 1. The molecule has 1 aromatic carbocycles. The zero-order valence-electron chi connectivity index (χ0n) is 13.9. The van der Waals surface area contributed by atoms with E-state index in [1.165, 1.54) is 11.3 Å². The SMILES string of the molecule is O=C(CN1C=C(Br)CC(c2cc(-c3ccccc3)[nH]n2)=C1)c1cccs1. The largest absolute Gasteiger partial charge is 0.345 e. The maximum absolute atomic E-state index is 12.4. The average molecular weight is 426 g/mol. The van der Waals surface area contributed by atoms with Crippen molar-refractivity contribution in [1.29, 1.82) is 0 Å². The molecule has 0 bridgehead atoms. The van der Waals surface area contributed by atoms with Gasteiger partial charge in [-0.3, -0.25) is 9.89 Å². The summed E-state index contributed by atoms with van der Waals surface area (Å²) in [5.41, 5.74) is 4.04. The maximum atomic E-state index is 12.4. The number of nitrogens with zero attached hydrogens (tertiary/aromatic N) is 2. The van der Waals surface area contributed by atoms with E-state index >= 15 is 0 Å². The lowest BCUT2D eigenvalue weighted by Gasteiger charge is -2.22. The number of nitrogens with one attached hydrogen (secondary N) is 1. The molecule has 4 nitrogen and oxygen atoms in total. The second-order valence-electron chi connectivity index (χ2n) is 6.01. The third-order valence-electron chi connectivity index (χ3n) is 4.10. The number of allylic oxidation sites excluding steroid dienone is 2. The highest BCUT2D eigenvalue weighted by molar-refractivity contribution is 9.11. The molecule has 0 unspecified atom stereocenters. The maximum Gasteiger partial charge on any atom is 0.192 e. The third kappa shape index (κ3) is 3.71. The van der Waals surface area contributed by atoms with E-state index in [4.69, 9.17) is 0 Å². The molecular formula is C20H16BrN3OS. The molecule has 0 amide bonds. The second kappa shape index (κ2) is 7.43. The lowest BCUT2D eigenvalue weighted by molar-refractivity contribution is 0.0973. The van der Waals surface area contributed by atoms with Gasteiger partial charge in [0.25, 0.3) is 0 Å². The van der Waals surface area contributed by atoms with Crippen LogP contribution in [0.15, 0.2) is 70.8 Å². The summed E-state index contributed by atoms with van der Waals surface area (Å²) in [4.78, 5) is 15.1. The van der Waals surface area contributed by atoms with Gasteiger partial charge in [-0.2, -0.15) is 5.10 Å². The number of benzene rings is 1. The van der Waals surface area contributed by atoms with Crippen LogP contribution in [0.5, 0.6) is 0 Å². The van der Waals surface area contributed by atoms with Crippen LogP contribution < -0.4 is 0 Å². The van der Waals surface area contributed by atoms with E-state index in [9.17, 15) is 4.79 Å². The van der Waals surface area contributed by atoms with Gasteiger partial charge in [0.1, 0.15) is 0 Å². The van der Waals surface area contributed by atoms with Crippen molar-refractivity contribution in [3.05, 3.63) is 81.4 Å². The fourth-order valence-electron chi connectivity index (χ4n) is 2.87. The molecule has 0 saturated carbocycles. The third-order valence-corrected chi connectivity index (χ3v) is 5.50. The molecule has 1 aliphatic rings. The van der Waals surface area contributed by atoms with E-state index in [0.29, 0.717) is 6.54 Å². The number of carbonyl (C=O) groups excluding carboxylic acids is 1. The van der Waals surface area contributed by atoms with E-state index in [0.717, 1.165) is 38.3 Å². The first-order valence-corrected chi connectivity index (χ1v) is 9.87. The van der Waals surface area contributed by atoms with Gasteiger partial charge in [-0.05, 0) is 23.1 Å². The van der Waals surface area contributed by atoms with Crippen molar-refractivity contribution >= 4 is 38.6 Å². The van der Waals surface area contributed by atoms with Crippen molar-refractivity contribution in [1.82, 2.24) is 15.1 Å². The van der Waals surface area contributed by atoms with Crippen LogP contribution in [0, 0.1) is 0 Å². The molecule has 0 fully saturated rings. The van der Waals surface area contributed by atoms with Crippen LogP contribution in [0.4, 0.5) is 0 Å². The first-order valence-electron chi connectivity index (χ1n) is 8.19. The summed E-state index contributed by atoms with van der Waals surface area (Å²) >= 11 is 5.06. The number of carbonyl (C=O) groups is 1. The summed E-state index contributed by atoms with van der Waals surface area (Å²) in [7, 11) is 0. The van der Waals surface area contributed by atoms with Gasteiger partial charge < -0.3 is 4.90 Å². The molecule has 2 aromatic heterocycles. The lowest BCUT2D eigenvalue weighted by atomic mass is 10.1. The molecule has 4 rings (SSSR count). The molecule has 1 N–H and O–H groups in total. The van der Waals surface area contributed by atoms with E-state index < -0.39 is 0 Å². The topological polar surface area (TPSA) is 49.0 Å². The number of hydrogen-bond acceptors (Lipinski definition) is 4. The number of rotatable bonds is 5. The van der Waals surface area contributed by atoms with E-state index in [-0.39, 0.29) is 5.78 Å². The Bertz CT molecular complexity index is 974. The normalized spacial score (nSPS) is 14.1. The Morgan fingerprint density at radius 2 is 2.04 bits per heavy atom. The highest BCUT2D eigenvalue weighted by atomic mass is 79.9. The zero-order chi connectivity index (χ0) is 17.9. The highest BCUT2D eigenvalue weighted by Crippen LogP contribution is 2.31. The van der Waals surface area contributed by atoms with Crippen molar-refractivity contribution in [2.24, 2.45) is 0 Å². The van der Waals surface area contributed by atoms with E-state index in [1.54, 1.807) is 0 Å². The van der Waals surface area contributed by atoms with Crippen LogP contribution in [0.3, 0.4) is 0 Å². The number of ketones is 1. The minimum absolute atomic E-state index is 0.112. The van der Waals surface area contributed by atoms with Crippen LogP contribution in [-0.4, -0.2) is 27.4 Å². The summed E-state index contributed by atoms with van der Waals surface area (Å²) < 4.78 is 1.03. The molecule has 0 spiro atoms. The minimum Gasteiger partial charge on any atom is -0.345 e. The lowest BCUT2D eigenvalue weighted by Crippen LogP contribution is -2.22. The number of H-pyrrole nitrogens is 1. The molecule has 26 heavy (non-hydrogen) atoms. The summed E-state index contributed by atoms with van der Waals surface area (Å²) in [5.74, 6) is 0.112. The number of aromatic amines is 1. The van der Waals surface area contributed by atoms with Gasteiger partial charge in [-0.15, -0.1) is 11.3 Å². The van der Waals surface area contributed by atoms with Gasteiger partial charge in [0.2, 0.25) is 0 Å². The molecule has 0 aliphatic carbocycles. The summed E-state index contributed by atoms with van der Waals surface area (Å²) in [6, 6.07) is 15.9. The molecule has 0 radical (unpaired) electrons. The molecule has 1 aliphatic heterocycles. The molecule has 3 heterocycles.